The van der Waals surface area contributed by atoms with E-state index < -0.39 is 18.7 Å². The van der Waals surface area contributed by atoms with Crippen LogP contribution in [0.15, 0.2) is 12.4 Å². The highest BCUT2D eigenvalue weighted by molar-refractivity contribution is 7.18. The van der Waals surface area contributed by atoms with E-state index in [1.165, 1.54) is 17.3 Å². The molecule has 4 rings (SSSR count). The quantitative estimate of drug-likeness (QED) is 0.894. The zero-order valence-corrected chi connectivity index (χ0v) is 13.2. The minimum Gasteiger partial charge on any atom is -0.465 e. The van der Waals surface area contributed by atoms with Gasteiger partial charge in [0, 0.05) is 36.5 Å². The summed E-state index contributed by atoms with van der Waals surface area (Å²) in [6.45, 7) is 2.31. The second kappa shape index (κ2) is 4.95. The molecule has 0 unspecified atom stereocenters. The van der Waals surface area contributed by atoms with Crippen LogP contribution in [0.1, 0.15) is 4.88 Å². The largest absolute Gasteiger partial charge is 0.465 e. The number of hydrogen-bond donors (Lipinski definition) is 1. The number of anilines is 1. The summed E-state index contributed by atoms with van der Waals surface area (Å²) >= 11 is 1.03. The summed E-state index contributed by atoms with van der Waals surface area (Å²) in [7, 11) is 0. The molecule has 2 saturated heterocycles. The van der Waals surface area contributed by atoms with Crippen LogP contribution in [0.4, 0.5) is 23.8 Å². The molecule has 2 aliphatic heterocycles. The number of aromatic nitrogens is 2. The van der Waals surface area contributed by atoms with Crippen molar-refractivity contribution in [2.24, 2.45) is 5.41 Å². The average Bonchev–Trinajstić information content (AvgIpc) is 2.75. The first-order chi connectivity index (χ1) is 11.2. The van der Waals surface area contributed by atoms with E-state index in [9.17, 15) is 18.0 Å². The molecule has 2 fully saturated rings. The van der Waals surface area contributed by atoms with Gasteiger partial charge >= 0.3 is 12.3 Å². The summed E-state index contributed by atoms with van der Waals surface area (Å²) in [6.07, 6.45) is -4.77. The highest BCUT2D eigenvalue weighted by atomic mass is 32.1. The van der Waals surface area contributed by atoms with Gasteiger partial charge in [-0.15, -0.1) is 11.3 Å². The lowest BCUT2D eigenvalue weighted by atomic mass is 9.73. The van der Waals surface area contributed by atoms with Crippen molar-refractivity contribution in [3.05, 3.63) is 17.3 Å². The number of alkyl halides is 3. The Kier molecular flexibility index (Phi) is 3.18. The second-order valence-corrected chi connectivity index (χ2v) is 7.53. The zero-order chi connectivity index (χ0) is 17.1. The number of carboxylic acid groups (broad SMARTS) is 1. The van der Waals surface area contributed by atoms with Gasteiger partial charge in [-0.25, -0.2) is 14.8 Å². The second-order valence-electron chi connectivity index (χ2n) is 6.42. The molecule has 1 spiro atoms. The van der Waals surface area contributed by atoms with E-state index in [0.29, 0.717) is 42.2 Å². The summed E-state index contributed by atoms with van der Waals surface area (Å²) in [5.41, 5.74) is -0.0412. The summed E-state index contributed by atoms with van der Waals surface area (Å²) < 4.78 is 37.7. The van der Waals surface area contributed by atoms with Crippen LogP contribution in [-0.4, -0.2) is 58.4 Å². The molecule has 0 saturated carbocycles. The third-order valence-corrected chi connectivity index (χ3v) is 5.45. The third kappa shape index (κ3) is 2.54. The van der Waals surface area contributed by atoms with Crippen molar-refractivity contribution in [2.45, 2.75) is 12.6 Å². The monoisotopic (exact) mass is 358 g/mol. The highest BCUT2D eigenvalue weighted by Gasteiger charge is 2.54. The average molecular weight is 358 g/mol. The van der Waals surface area contributed by atoms with E-state index in [1.807, 2.05) is 4.90 Å². The van der Waals surface area contributed by atoms with Crippen molar-refractivity contribution in [2.75, 3.05) is 31.1 Å². The molecular formula is C14H13F3N4O2S. The Bertz CT molecular complexity index is 808. The molecule has 2 aromatic heterocycles. The maximum atomic E-state index is 12.6. The fraction of sp³-hybridized carbons (Fsp3) is 0.500. The van der Waals surface area contributed by atoms with E-state index in [2.05, 4.69) is 9.97 Å². The molecule has 4 heterocycles. The molecule has 0 aliphatic carbocycles. The van der Waals surface area contributed by atoms with Gasteiger partial charge < -0.3 is 14.9 Å². The van der Waals surface area contributed by atoms with E-state index in [1.54, 1.807) is 0 Å². The maximum absolute atomic E-state index is 12.6. The van der Waals surface area contributed by atoms with Gasteiger partial charge in [-0.05, 0) is 6.07 Å². The first kappa shape index (κ1) is 15.4. The van der Waals surface area contributed by atoms with Crippen molar-refractivity contribution in [1.29, 1.82) is 0 Å². The van der Waals surface area contributed by atoms with Gasteiger partial charge in [-0.3, -0.25) is 0 Å². The molecule has 2 aromatic rings. The van der Waals surface area contributed by atoms with Gasteiger partial charge in [0.1, 0.15) is 17.0 Å². The van der Waals surface area contributed by atoms with Crippen molar-refractivity contribution < 1.29 is 23.1 Å². The minimum absolute atomic E-state index is 0.0412. The molecule has 10 heteroatoms. The van der Waals surface area contributed by atoms with E-state index >= 15 is 0 Å². The van der Waals surface area contributed by atoms with E-state index in [4.69, 9.17) is 5.11 Å². The van der Waals surface area contributed by atoms with Crippen LogP contribution in [0.2, 0.25) is 0 Å². The van der Waals surface area contributed by atoms with Crippen LogP contribution >= 0.6 is 11.3 Å². The number of hydrogen-bond acceptors (Lipinski definition) is 5. The maximum Gasteiger partial charge on any atom is 0.407 e. The Hall–Kier alpha value is -2.10. The molecule has 6 nitrogen and oxygen atoms in total. The number of fused-ring (bicyclic) bond motifs is 1. The topological polar surface area (TPSA) is 69.6 Å². The molecular weight excluding hydrogens is 345 g/mol. The molecule has 1 amide bonds. The molecule has 24 heavy (non-hydrogen) atoms. The standard InChI is InChI=1S/C14H13F3N4O2S/c15-14(16,17)2-8-1-9-10(18-7-19-11(9)24-8)20-3-13(4-20)5-21(6-13)12(22)23/h1,7H,2-6H2,(H,22,23). The molecule has 128 valence electrons. The minimum atomic E-state index is -4.25. The molecule has 1 N–H and O–H groups in total. The summed E-state index contributed by atoms with van der Waals surface area (Å²) in [6, 6.07) is 1.51. The van der Waals surface area contributed by atoms with E-state index in [-0.39, 0.29) is 10.3 Å². The Morgan fingerprint density at radius 3 is 2.62 bits per heavy atom. The first-order valence-electron chi connectivity index (χ1n) is 7.28. The predicted molar refractivity (Wildman–Crippen MR) is 81.4 cm³/mol. The van der Waals surface area contributed by atoms with Gasteiger partial charge in [0.2, 0.25) is 0 Å². The predicted octanol–water partition coefficient (Wildman–Crippen LogP) is 2.60. The van der Waals surface area contributed by atoms with Crippen molar-refractivity contribution in [3.63, 3.8) is 0 Å². The number of carbonyl (C=O) groups is 1. The summed E-state index contributed by atoms with van der Waals surface area (Å²) in [4.78, 5) is 23.2. The van der Waals surface area contributed by atoms with Gasteiger partial charge in [-0.2, -0.15) is 13.2 Å². The number of rotatable bonds is 2. The normalized spacial score (nSPS) is 19.5. The number of amides is 1. The Morgan fingerprint density at radius 2 is 2.00 bits per heavy atom. The fourth-order valence-electron chi connectivity index (χ4n) is 3.44. The summed E-state index contributed by atoms with van der Waals surface area (Å²) in [5.74, 6) is 0.629. The zero-order valence-electron chi connectivity index (χ0n) is 12.4. The Morgan fingerprint density at radius 1 is 1.29 bits per heavy atom. The van der Waals surface area contributed by atoms with Crippen LogP contribution in [0.3, 0.4) is 0 Å². The van der Waals surface area contributed by atoms with Gasteiger partial charge in [0.15, 0.2) is 0 Å². The van der Waals surface area contributed by atoms with Crippen LogP contribution < -0.4 is 4.90 Å². The van der Waals surface area contributed by atoms with Gasteiger partial charge in [-0.1, -0.05) is 0 Å². The van der Waals surface area contributed by atoms with Crippen molar-refractivity contribution in [1.82, 2.24) is 14.9 Å². The van der Waals surface area contributed by atoms with Crippen LogP contribution in [-0.2, 0) is 6.42 Å². The van der Waals surface area contributed by atoms with Gasteiger partial charge in [0.25, 0.3) is 0 Å². The lowest BCUT2D eigenvalue weighted by Crippen LogP contribution is -2.73. The van der Waals surface area contributed by atoms with Crippen molar-refractivity contribution >= 4 is 33.5 Å². The van der Waals surface area contributed by atoms with E-state index in [0.717, 1.165) is 11.3 Å². The molecule has 0 bridgehead atoms. The highest BCUT2D eigenvalue weighted by Crippen LogP contribution is 2.43. The fourth-order valence-corrected chi connectivity index (χ4v) is 4.46. The lowest BCUT2D eigenvalue weighted by molar-refractivity contribution is -0.126. The van der Waals surface area contributed by atoms with Crippen molar-refractivity contribution in [3.8, 4) is 0 Å². The lowest BCUT2D eigenvalue weighted by Gasteiger charge is -2.59. The number of likely N-dealkylation sites (tertiary alicyclic amines) is 1. The SMILES string of the molecule is O=C(O)N1CC2(C1)CN(c1ncnc3sc(CC(F)(F)F)cc13)C2. The van der Waals surface area contributed by atoms with Gasteiger partial charge in [0.05, 0.1) is 11.8 Å². The van der Waals surface area contributed by atoms with Crippen LogP contribution in [0.5, 0.6) is 0 Å². The molecule has 0 radical (unpaired) electrons. The Balaban J connectivity index is 1.53. The number of thiophene rings is 1. The first-order valence-corrected chi connectivity index (χ1v) is 8.09. The smallest absolute Gasteiger partial charge is 0.407 e. The molecule has 0 aromatic carbocycles. The molecule has 0 atom stereocenters. The molecule has 2 aliphatic rings. The third-order valence-electron chi connectivity index (χ3n) is 4.41. The number of halogens is 3. The summed E-state index contributed by atoms with van der Waals surface area (Å²) in [5, 5.41) is 9.54. The van der Waals surface area contributed by atoms with Crippen LogP contribution in [0.25, 0.3) is 10.2 Å². The van der Waals surface area contributed by atoms with Crippen LogP contribution in [0, 0.1) is 5.41 Å². The Labute approximate surface area is 138 Å². The number of nitrogens with zero attached hydrogens (tertiary/aromatic N) is 4.